The van der Waals surface area contributed by atoms with Gasteiger partial charge in [-0.1, -0.05) is 58.4 Å². The van der Waals surface area contributed by atoms with Gasteiger partial charge in [-0.25, -0.2) is 10.5 Å². The topological polar surface area (TPSA) is 65.4 Å². The van der Waals surface area contributed by atoms with Gasteiger partial charge in [-0.3, -0.25) is 0 Å². The zero-order chi connectivity index (χ0) is 19.5. The van der Waals surface area contributed by atoms with Gasteiger partial charge in [0.1, 0.15) is 5.01 Å². The minimum Gasteiger partial charge on any atom is -0.492 e. The molecule has 1 aromatic carbocycles. The Hall–Kier alpha value is -1.43. The van der Waals surface area contributed by atoms with Crippen molar-refractivity contribution in [1.82, 2.24) is 10.5 Å². The molecule has 0 bridgehead atoms. The molecule has 1 unspecified atom stereocenters. The summed E-state index contributed by atoms with van der Waals surface area (Å²) >= 11 is 1.68. The van der Waals surface area contributed by atoms with E-state index in [4.69, 9.17) is 5.21 Å². The first-order valence-electron chi connectivity index (χ1n) is 9.54. The first-order valence-corrected chi connectivity index (χ1v) is 10.4. The zero-order valence-corrected chi connectivity index (χ0v) is 17.6. The molecule has 3 N–H and O–H groups in total. The van der Waals surface area contributed by atoms with Crippen LogP contribution >= 0.6 is 11.3 Å². The largest absolute Gasteiger partial charge is 0.492 e. The van der Waals surface area contributed by atoms with E-state index in [1.54, 1.807) is 16.8 Å². The molecule has 0 aliphatic carbocycles. The molecular formula is C21H34N2O2S. The lowest BCUT2D eigenvalue weighted by molar-refractivity contribution is 0.194. The van der Waals surface area contributed by atoms with E-state index in [0.29, 0.717) is 5.92 Å². The molecule has 0 spiro atoms. The van der Waals surface area contributed by atoms with Gasteiger partial charge in [0.2, 0.25) is 5.88 Å². The van der Waals surface area contributed by atoms with Gasteiger partial charge < -0.3 is 10.3 Å². The molecule has 0 saturated carbocycles. The van der Waals surface area contributed by atoms with Crippen LogP contribution in [0.4, 0.5) is 0 Å². The second-order valence-electron chi connectivity index (χ2n) is 6.93. The molecule has 4 nitrogen and oxygen atoms in total. The molecule has 1 atom stereocenters. The number of benzene rings is 1. The van der Waals surface area contributed by atoms with Gasteiger partial charge in [-0.15, -0.1) is 11.3 Å². The van der Waals surface area contributed by atoms with E-state index in [9.17, 15) is 5.11 Å². The van der Waals surface area contributed by atoms with Crippen molar-refractivity contribution in [1.29, 1.82) is 0 Å². The minimum atomic E-state index is 0.244. The van der Waals surface area contributed by atoms with Crippen LogP contribution in [0.2, 0.25) is 0 Å². The third kappa shape index (κ3) is 7.06. The van der Waals surface area contributed by atoms with Crippen molar-refractivity contribution >= 4 is 11.3 Å². The van der Waals surface area contributed by atoms with E-state index in [1.165, 1.54) is 18.2 Å². The number of aryl methyl sites for hydroxylation is 1. The third-order valence-corrected chi connectivity index (χ3v) is 5.40. The third-order valence-electron chi connectivity index (χ3n) is 4.18. The Morgan fingerprint density at radius 1 is 1.15 bits per heavy atom. The highest BCUT2D eigenvalue weighted by Crippen LogP contribution is 2.35. The molecule has 1 heterocycles. The van der Waals surface area contributed by atoms with Crippen LogP contribution in [-0.2, 0) is 12.8 Å². The van der Waals surface area contributed by atoms with Crippen LogP contribution < -0.4 is 5.48 Å². The molecule has 26 heavy (non-hydrogen) atoms. The van der Waals surface area contributed by atoms with Gasteiger partial charge in [0.15, 0.2) is 0 Å². The first-order chi connectivity index (χ1) is 12.5. The van der Waals surface area contributed by atoms with Crippen LogP contribution in [0.1, 0.15) is 73.9 Å². The van der Waals surface area contributed by atoms with Crippen molar-refractivity contribution in [3.8, 4) is 5.88 Å². The van der Waals surface area contributed by atoms with Crippen molar-refractivity contribution in [3.05, 3.63) is 45.3 Å². The number of unbranched alkanes of at least 4 members (excludes halogenated alkanes) is 1. The van der Waals surface area contributed by atoms with Crippen LogP contribution in [0.25, 0.3) is 0 Å². The minimum absolute atomic E-state index is 0.244. The van der Waals surface area contributed by atoms with Crippen LogP contribution in [0.5, 0.6) is 5.88 Å². The summed E-state index contributed by atoms with van der Waals surface area (Å²) in [5.74, 6) is 1.21. The fourth-order valence-electron chi connectivity index (χ4n) is 2.92. The lowest BCUT2D eigenvalue weighted by Crippen LogP contribution is -2.00. The standard InChI is InChI=1S/C20H29NOS.CH5NO/c1-5-7-8-18-19(22)21-20(23-18)17(6-2)16-11-9-15(10-12-16)13-14(3)4;1-2-3/h9-12,14,17,22H,5-8,13H2,1-4H3;2-3H,1H3. The Balaban J connectivity index is 0.00000105. The highest BCUT2D eigenvalue weighted by molar-refractivity contribution is 7.12. The maximum atomic E-state index is 10.1. The molecule has 0 saturated heterocycles. The van der Waals surface area contributed by atoms with Gasteiger partial charge in [0.25, 0.3) is 0 Å². The lowest BCUT2D eigenvalue weighted by atomic mass is 9.94. The predicted octanol–water partition coefficient (Wildman–Crippen LogP) is 5.53. The smallest absolute Gasteiger partial charge is 0.225 e. The molecule has 0 amide bonds. The Bertz CT molecular complexity index is 623. The van der Waals surface area contributed by atoms with Crippen LogP contribution in [-0.4, -0.2) is 22.3 Å². The average Bonchev–Trinajstić information content (AvgIpc) is 2.96. The fraction of sp³-hybridized carbons (Fsp3) is 0.571. The van der Waals surface area contributed by atoms with E-state index < -0.39 is 0 Å². The van der Waals surface area contributed by atoms with Crippen molar-refractivity contribution < 1.29 is 10.3 Å². The molecule has 2 aromatic rings. The zero-order valence-electron chi connectivity index (χ0n) is 16.7. The average molecular weight is 379 g/mol. The number of thiazole rings is 1. The number of aromatic nitrogens is 1. The Morgan fingerprint density at radius 2 is 1.77 bits per heavy atom. The van der Waals surface area contributed by atoms with Crippen molar-refractivity contribution in [2.45, 2.75) is 65.7 Å². The maximum absolute atomic E-state index is 10.1. The van der Waals surface area contributed by atoms with Gasteiger partial charge in [-0.05, 0) is 42.7 Å². The first kappa shape index (κ1) is 22.6. The second kappa shape index (κ2) is 12.0. The highest BCUT2D eigenvalue weighted by Gasteiger charge is 2.19. The molecule has 1 aromatic heterocycles. The molecule has 0 aliphatic heterocycles. The SMILES string of the molecule is CCCCc1sc(C(CC)c2ccc(CC(C)C)cc2)nc1O.CNO. The number of hydrogen-bond donors (Lipinski definition) is 3. The Morgan fingerprint density at radius 3 is 2.27 bits per heavy atom. The number of hydrogen-bond acceptors (Lipinski definition) is 5. The summed E-state index contributed by atoms with van der Waals surface area (Å²) in [4.78, 5) is 5.49. The molecule has 0 radical (unpaired) electrons. The Labute approximate surface area is 162 Å². The number of nitrogens with zero attached hydrogens (tertiary/aromatic N) is 1. The monoisotopic (exact) mass is 378 g/mol. The van der Waals surface area contributed by atoms with E-state index in [0.717, 1.165) is 42.0 Å². The molecule has 2 rings (SSSR count). The molecule has 5 heteroatoms. The summed E-state index contributed by atoms with van der Waals surface area (Å²) in [6.07, 6.45) is 5.31. The summed E-state index contributed by atoms with van der Waals surface area (Å²) in [5, 5.41) is 18.5. The van der Waals surface area contributed by atoms with Crippen molar-refractivity contribution in [2.24, 2.45) is 5.92 Å². The highest BCUT2D eigenvalue weighted by atomic mass is 32.1. The predicted molar refractivity (Wildman–Crippen MR) is 110 cm³/mol. The van der Waals surface area contributed by atoms with Crippen molar-refractivity contribution in [3.63, 3.8) is 0 Å². The Kier molecular flexibility index (Phi) is 10.5. The summed E-state index contributed by atoms with van der Waals surface area (Å²) in [7, 11) is 1.43. The van der Waals surface area contributed by atoms with Gasteiger partial charge in [-0.2, -0.15) is 0 Å². The van der Waals surface area contributed by atoms with Crippen LogP contribution in [0, 0.1) is 5.92 Å². The van der Waals surface area contributed by atoms with E-state index in [1.807, 2.05) is 0 Å². The number of nitrogens with one attached hydrogen (secondary N) is 1. The van der Waals surface area contributed by atoms with E-state index in [2.05, 4.69) is 56.9 Å². The van der Waals surface area contributed by atoms with Gasteiger partial charge in [0, 0.05) is 13.0 Å². The molecular weight excluding hydrogens is 344 g/mol. The molecule has 146 valence electrons. The number of hydroxylamine groups is 1. The normalized spacial score (nSPS) is 12.0. The van der Waals surface area contributed by atoms with Gasteiger partial charge >= 0.3 is 0 Å². The van der Waals surface area contributed by atoms with E-state index in [-0.39, 0.29) is 11.8 Å². The quantitative estimate of drug-likeness (QED) is 0.529. The van der Waals surface area contributed by atoms with Gasteiger partial charge in [0.05, 0.1) is 4.88 Å². The summed E-state index contributed by atoms with van der Waals surface area (Å²) in [5.41, 5.74) is 4.44. The summed E-state index contributed by atoms with van der Waals surface area (Å²) in [6, 6.07) is 8.94. The second-order valence-corrected chi connectivity index (χ2v) is 8.04. The van der Waals surface area contributed by atoms with Crippen molar-refractivity contribution in [2.75, 3.05) is 7.05 Å². The number of aromatic hydroxyl groups is 1. The van der Waals surface area contributed by atoms with E-state index >= 15 is 0 Å². The maximum Gasteiger partial charge on any atom is 0.225 e. The lowest BCUT2D eigenvalue weighted by Gasteiger charge is -2.13. The van der Waals surface area contributed by atoms with Crippen LogP contribution in [0.3, 0.4) is 0 Å². The summed E-state index contributed by atoms with van der Waals surface area (Å²) < 4.78 is 0. The fourth-order valence-corrected chi connectivity index (χ4v) is 4.13. The number of rotatable bonds is 8. The van der Waals surface area contributed by atoms with Crippen LogP contribution in [0.15, 0.2) is 24.3 Å². The molecule has 0 aliphatic rings. The molecule has 0 fully saturated rings. The summed E-state index contributed by atoms with van der Waals surface area (Å²) in [6.45, 7) is 8.86.